The van der Waals surface area contributed by atoms with E-state index in [9.17, 15) is 4.79 Å². The van der Waals surface area contributed by atoms with E-state index >= 15 is 0 Å². The van der Waals surface area contributed by atoms with Crippen LogP contribution in [0.25, 0.3) is 0 Å². The molecule has 1 heterocycles. The summed E-state index contributed by atoms with van der Waals surface area (Å²) in [6.45, 7) is 2.16. The van der Waals surface area contributed by atoms with Gasteiger partial charge in [0, 0.05) is 6.04 Å². The first-order valence-electron chi connectivity index (χ1n) is 5.88. The number of hydrogen-bond acceptors (Lipinski definition) is 4. The van der Waals surface area contributed by atoms with Crippen molar-refractivity contribution in [2.45, 2.75) is 32.2 Å². The van der Waals surface area contributed by atoms with Crippen LogP contribution in [0, 0.1) is 5.92 Å². The van der Waals surface area contributed by atoms with Gasteiger partial charge in [0.25, 0.3) is 0 Å². The molecule has 92 valence electrons. The fourth-order valence-electron chi connectivity index (χ4n) is 1.99. The van der Waals surface area contributed by atoms with Crippen molar-refractivity contribution in [3.63, 3.8) is 0 Å². The summed E-state index contributed by atoms with van der Waals surface area (Å²) < 4.78 is 0. The topological polar surface area (TPSA) is 88.2 Å². The van der Waals surface area contributed by atoms with E-state index in [4.69, 9.17) is 10.8 Å². The average molecular weight is 235 g/mol. The van der Waals surface area contributed by atoms with Crippen molar-refractivity contribution in [2.75, 3.05) is 11.1 Å². The smallest absolute Gasteiger partial charge is 0.354 e. The molecule has 4 N–H and O–H groups in total. The quantitative estimate of drug-likeness (QED) is 0.726. The summed E-state index contributed by atoms with van der Waals surface area (Å²) in [5.41, 5.74) is 6.29. The predicted octanol–water partition coefficient (Wildman–Crippen LogP) is 1.96. The van der Waals surface area contributed by atoms with Gasteiger partial charge in [-0.1, -0.05) is 13.3 Å². The van der Waals surface area contributed by atoms with Gasteiger partial charge in [0.15, 0.2) is 5.69 Å². The van der Waals surface area contributed by atoms with Gasteiger partial charge in [-0.3, -0.25) is 0 Å². The molecule has 0 saturated heterocycles. The molecule has 0 amide bonds. The van der Waals surface area contributed by atoms with Crippen molar-refractivity contribution in [1.82, 2.24) is 4.98 Å². The highest BCUT2D eigenvalue weighted by Gasteiger charge is 2.36. The minimum absolute atomic E-state index is 0.0226. The summed E-state index contributed by atoms with van der Waals surface area (Å²) in [7, 11) is 0. The van der Waals surface area contributed by atoms with Crippen molar-refractivity contribution in [2.24, 2.45) is 5.92 Å². The first-order valence-corrected chi connectivity index (χ1v) is 5.88. The standard InChI is InChI=1S/C12H17N3O2/c1-2-3-7-6-10(7)15-11-8(13)4-5-9(14-11)12(16)17/h4-5,7,10H,2-3,6,13H2,1H3,(H,14,15)(H,16,17). The molecule has 0 aliphatic heterocycles. The second kappa shape index (κ2) is 4.61. The van der Waals surface area contributed by atoms with E-state index in [2.05, 4.69) is 17.2 Å². The highest BCUT2D eigenvalue weighted by atomic mass is 16.4. The van der Waals surface area contributed by atoms with Gasteiger partial charge in [-0.2, -0.15) is 0 Å². The van der Waals surface area contributed by atoms with Crippen molar-refractivity contribution in [3.8, 4) is 0 Å². The van der Waals surface area contributed by atoms with Crippen LogP contribution >= 0.6 is 0 Å². The maximum absolute atomic E-state index is 10.8. The molecule has 0 aromatic carbocycles. The normalized spacial score (nSPS) is 22.2. The van der Waals surface area contributed by atoms with Crippen LogP contribution in [0.2, 0.25) is 0 Å². The Balaban J connectivity index is 2.05. The van der Waals surface area contributed by atoms with E-state index in [-0.39, 0.29) is 5.69 Å². The molecule has 17 heavy (non-hydrogen) atoms. The zero-order valence-corrected chi connectivity index (χ0v) is 9.81. The number of anilines is 2. The first-order chi connectivity index (χ1) is 8.11. The molecule has 0 radical (unpaired) electrons. The van der Waals surface area contributed by atoms with Gasteiger partial charge in [0.05, 0.1) is 5.69 Å². The number of aromatic nitrogens is 1. The Morgan fingerprint density at radius 1 is 1.65 bits per heavy atom. The number of nitrogens with two attached hydrogens (primary N) is 1. The van der Waals surface area contributed by atoms with Crippen molar-refractivity contribution in [1.29, 1.82) is 0 Å². The van der Waals surface area contributed by atoms with Gasteiger partial charge >= 0.3 is 5.97 Å². The molecule has 1 aromatic heterocycles. The van der Waals surface area contributed by atoms with Crippen LogP contribution in [-0.4, -0.2) is 22.1 Å². The van der Waals surface area contributed by atoms with Crippen LogP contribution in [-0.2, 0) is 0 Å². The minimum Gasteiger partial charge on any atom is -0.477 e. The molecule has 1 fully saturated rings. The molecule has 5 nitrogen and oxygen atoms in total. The summed E-state index contributed by atoms with van der Waals surface area (Å²) in [5.74, 6) is 0.136. The third-order valence-corrected chi connectivity index (χ3v) is 3.05. The molecule has 1 saturated carbocycles. The van der Waals surface area contributed by atoms with Crippen LogP contribution < -0.4 is 11.1 Å². The van der Waals surface area contributed by atoms with Crippen LogP contribution in [0.1, 0.15) is 36.7 Å². The van der Waals surface area contributed by atoms with Gasteiger partial charge in [0.1, 0.15) is 5.82 Å². The molecule has 2 rings (SSSR count). The summed E-state index contributed by atoms with van der Waals surface area (Å²) in [6, 6.07) is 3.39. The van der Waals surface area contributed by atoms with E-state index in [0.717, 1.165) is 6.42 Å². The predicted molar refractivity (Wildman–Crippen MR) is 66.0 cm³/mol. The number of aromatic carboxylic acids is 1. The molecular weight excluding hydrogens is 218 g/mol. The van der Waals surface area contributed by atoms with Gasteiger partial charge < -0.3 is 16.2 Å². The lowest BCUT2D eigenvalue weighted by Gasteiger charge is -2.08. The lowest BCUT2D eigenvalue weighted by Crippen LogP contribution is -2.11. The van der Waals surface area contributed by atoms with E-state index in [1.165, 1.54) is 18.9 Å². The molecule has 0 bridgehead atoms. The number of hydrogen-bond donors (Lipinski definition) is 3. The number of nitrogens with one attached hydrogen (secondary N) is 1. The van der Waals surface area contributed by atoms with Gasteiger partial charge in [-0.15, -0.1) is 0 Å². The number of nitrogens with zero attached hydrogens (tertiary/aromatic N) is 1. The summed E-state index contributed by atoms with van der Waals surface area (Å²) in [5, 5.41) is 12.1. The lowest BCUT2D eigenvalue weighted by molar-refractivity contribution is 0.0690. The van der Waals surface area contributed by atoms with Crippen molar-refractivity contribution in [3.05, 3.63) is 17.8 Å². The zero-order valence-electron chi connectivity index (χ0n) is 9.81. The lowest BCUT2D eigenvalue weighted by atomic mass is 10.2. The number of pyridine rings is 1. The van der Waals surface area contributed by atoms with E-state index in [1.807, 2.05) is 0 Å². The van der Waals surface area contributed by atoms with Crippen LogP contribution in [0.5, 0.6) is 0 Å². The summed E-state index contributed by atoms with van der Waals surface area (Å²) in [6.07, 6.45) is 3.48. The summed E-state index contributed by atoms with van der Waals surface area (Å²) >= 11 is 0. The molecular formula is C12H17N3O2. The number of carboxylic acids is 1. The third-order valence-electron chi connectivity index (χ3n) is 3.05. The Labute approximate surface area is 100 Å². The molecule has 5 heteroatoms. The maximum Gasteiger partial charge on any atom is 0.354 e. The highest BCUT2D eigenvalue weighted by Crippen LogP contribution is 2.37. The number of nitrogen functional groups attached to an aromatic ring is 1. The second-order valence-corrected chi connectivity index (χ2v) is 4.47. The Morgan fingerprint density at radius 3 is 3.06 bits per heavy atom. The largest absolute Gasteiger partial charge is 0.477 e. The second-order valence-electron chi connectivity index (χ2n) is 4.47. The van der Waals surface area contributed by atoms with Crippen LogP contribution in [0.3, 0.4) is 0 Å². The molecule has 1 aromatic rings. The molecule has 2 atom stereocenters. The van der Waals surface area contributed by atoms with Crippen LogP contribution in [0.15, 0.2) is 12.1 Å². The average Bonchev–Trinajstić information content (AvgIpc) is 3.00. The minimum atomic E-state index is -1.03. The van der Waals surface area contributed by atoms with Gasteiger partial charge in [0.2, 0.25) is 0 Å². The molecule has 2 unspecified atom stereocenters. The van der Waals surface area contributed by atoms with E-state index in [1.54, 1.807) is 6.07 Å². The highest BCUT2D eigenvalue weighted by molar-refractivity contribution is 5.86. The SMILES string of the molecule is CCCC1CC1Nc1nc(C(=O)O)ccc1N. The fraction of sp³-hybridized carbons (Fsp3) is 0.500. The molecule has 0 spiro atoms. The third kappa shape index (κ3) is 2.67. The Morgan fingerprint density at radius 2 is 2.41 bits per heavy atom. The van der Waals surface area contributed by atoms with Crippen LogP contribution in [0.4, 0.5) is 11.5 Å². The van der Waals surface area contributed by atoms with Gasteiger partial charge in [-0.25, -0.2) is 9.78 Å². The van der Waals surface area contributed by atoms with Gasteiger partial charge in [-0.05, 0) is 30.9 Å². The first kappa shape index (κ1) is 11.7. The Kier molecular flexibility index (Phi) is 3.17. The molecule has 1 aliphatic rings. The molecule has 1 aliphatic carbocycles. The Hall–Kier alpha value is -1.78. The maximum atomic E-state index is 10.8. The Bertz CT molecular complexity index is 434. The fourth-order valence-corrected chi connectivity index (χ4v) is 1.99. The van der Waals surface area contributed by atoms with Crippen molar-refractivity contribution >= 4 is 17.5 Å². The summed E-state index contributed by atoms with van der Waals surface area (Å²) in [4.78, 5) is 14.8. The number of carboxylic acid groups (broad SMARTS) is 1. The zero-order chi connectivity index (χ0) is 12.4. The van der Waals surface area contributed by atoms with E-state index < -0.39 is 5.97 Å². The number of rotatable bonds is 5. The number of carbonyl (C=O) groups is 1. The van der Waals surface area contributed by atoms with E-state index in [0.29, 0.717) is 23.5 Å². The van der Waals surface area contributed by atoms with Crippen molar-refractivity contribution < 1.29 is 9.90 Å². The monoisotopic (exact) mass is 235 g/mol.